The lowest BCUT2D eigenvalue weighted by Crippen LogP contribution is -2.27. The standard InChI is InChI=1S/C16H24N2O3S.C4H9NOS.CH4/c1-3-22-16(20)18(2)12-8-7-11-17-15(19)21-13-14-9-5-4-6-10-14;1-3-7-4(6)5-2;/h4-6,9-10H,3,7-8,11-13H2,1-2H3,(H,17,19);3H2,1-2H3,(H,5,6);1H4. The van der Waals surface area contributed by atoms with Crippen LogP contribution in [-0.4, -0.2) is 60.2 Å². The number of nitrogens with zero attached hydrogens (tertiary/aromatic N) is 1. The lowest BCUT2D eigenvalue weighted by molar-refractivity contribution is 0.139. The third kappa shape index (κ3) is 17.0. The van der Waals surface area contributed by atoms with Gasteiger partial charge in [0.15, 0.2) is 0 Å². The molecule has 3 amide bonds. The molecule has 1 rings (SSSR count). The van der Waals surface area contributed by atoms with Gasteiger partial charge in [-0.1, -0.05) is 75.1 Å². The van der Waals surface area contributed by atoms with Gasteiger partial charge < -0.3 is 20.3 Å². The van der Waals surface area contributed by atoms with Crippen LogP contribution in [0.15, 0.2) is 30.3 Å². The molecule has 0 aliphatic carbocycles. The molecule has 2 N–H and O–H groups in total. The SMILES string of the molecule is C.CCSC(=O)N(C)CCCCNC(=O)OCc1ccccc1.CCSC(=O)NC. The van der Waals surface area contributed by atoms with Crippen molar-refractivity contribution in [3.8, 4) is 0 Å². The highest BCUT2D eigenvalue weighted by atomic mass is 32.2. The Bertz CT molecular complexity index is 589. The predicted octanol–water partition coefficient (Wildman–Crippen LogP) is 5.21. The Morgan fingerprint density at radius 2 is 1.67 bits per heavy atom. The maximum atomic E-state index is 11.5. The summed E-state index contributed by atoms with van der Waals surface area (Å²) < 4.78 is 5.11. The fourth-order valence-electron chi connectivity index (χ4n) is 1.97. The van der Waals surface area contributed by atoms with Crippen molar-refractivity contribution in [1.82, 2.24) is 15.5 Å². The molecule has 0 atom stereocenters. The second kappa shape index (κ2) is 20.4. The van der Waals surface area contributed by atoms with E-state index in [2.05, 4.69) is 10.6 Å². The highest BCUT2D eigenvalue weighted by Crippen LogP contribution is 2.07. The number of rotatable bonds is 9. The fraction of sp³-hybridized carbons (Fsp3) is 0.571. The van der Waals surface area contributed by atoms with E-state index in [4.69, 9.17) is 4.74 Å². The number of unbranched alkanes of at least 4 members (excludes halogenated alkanes) is 1. The number of thioether (sulfide) groups is 2. The summed E-state index contributed by atoms with van der Waals surface area (Å²) in [4.78, 5) is 35.0. The summed E-state index contributed by atoms with van der Waals surface area (Å²) in [6, 6.07) is 9.56. The molecule has 0 aliphatic rings. The summed E-state index contributed by atoms with van der Waals surface area (Å²) in [5, 5.41) is 5.34. The largest absolute Gasteiger partial charge is 0.445 e. The first-order valence-electron chi connectivity index (χ1n) is 9.61. The van der Waals surface area contributed by atoms with Crippen molar-refractivity contribution in [2.24, 2.45) is 0 Å². The number of carbonyl (C=O) groups is 3. The zero-order chi connectivity index (χ0) is 21.9. The second-order valence-electron chi connectivity index (χ2n) is 5.79. The molecule has 0 saturated carbocycles. The van der Waals surface area contributed by atoms with Crippen molar-refractivity contribution in [3.05, 3.63) is 35.9 Å². The number of benzene rings is 1. The van der Waals surface area contributed by atoms with Gasteiger partial charge in [-0.05, 0) is 29.9 Å². The monoisotopic (exact) mass is 459 g/mol. The number of ether oxygens (including phenoxy) is 1. The quantitative estimate of drug-likeness (QED) is 0.493. The van der Waals surface area contributed by atoms with Gasteiger partial charge in [-0.2, -0.15) is 0 Å². The van der Waals surface area contributed by atoms with Gasteiger partial charge in [0, 0.05) is 27.2 Å². The lowest BCUT2D eigenvalue weighted by Gasteiger charge is -2.15. The summed E-state index contributed by atoms with van der Waals surface area (Å²) >= 11 is 2.59. The minimum absolute atomic E-state index is 0. The second-order valence-corrected chi connectivity index (χ2v) is 8.24. The van der Waals surface area contributed by atoms with Gasteiger partial charge in [-0.15, -0.1) is 0 Å². The van der Waals surface area contributed by atoms with Crippen LogP contribution >= 0.6 is 23.5 Å². The number of hydrogen-bond acceptors (Lipinski definition) is 6. The van der Waals surface area contributed by atoms with Crippen LogP contribution in [0, 0.1) is 0 Å². The Labute approximate surface area is 190 Å². The lowest BCUT2D eigenvalue weighted by atomic mass is 10.2. The van der Waals surface area contributed by atoms with E-state index in [0.29, 0.717) is 13.1 Å². The van der Waals surface area contributed by atoms with Crippen molar-refractivity contribution in [2.45, 2.75) is 40.7 Å². The van der Waals surface area contributed by atoms with Crippen LogP contribution in [0.4, 0.5) is 14.4 Å². The highest BCUT2D eigenvalue weighted by Gasteiger charge is 2.07. The summed E-state index contributed by atoms with van der Waals surface area (Å²) in [6.07, 6.45) is 1.26. The molecule has 7 nitrogen and oxygen atoms in total. The van der Waals surface area contributed by atoms with Crippen LogP contribution in [0.3, 0.4) is 0 Å². The molecule has 0 spiro atoms. The molecule has 1 aromatic rings. The van der Waals surface area contributed by atoms with E-state index in [-0.39, 0.29) is 24.5 Å². The van der Waals surface area contributed by atoms with Crippen molar-refractivity contribution < 1.29 is 19.1 Å². The van der Waals surface area contributed by atoms with Crippen LogP contribution < -0.4 is 10.6 Å². The zero-order valence-corrected chi connectivity index (χ0v) is 19.4. The fourth-order valence-corrected chi connectivity index (χ4v) is 2.93. The molecule has 0 aromatic heterocycles. The van der Waals surface area contributed by atoms with Crippen LogP contribution in [0.1, 0.15) is 39.7 Å². The molecule has 0 saturated heterocycles. The summed E-state index contributed by atoms with van der Waals surface area (Å²) in [5.74, 6) is 1.64. The number of hydrogen-bond donors (Lipinski definition) is 2. The van der Waals surface area contributed by atoms with Crippen molar-refractivity contribution in [2.75, 3.05) is 38.7 Å². The van der Waals surface area contributed by atoms with E-state index in [1.165, 1.54) is 23.5 Å². The predicted molar refractivity (Wildman–Crippen MR) is 129 cm³/mol. The molecule has 0 fully saturated rings. The summed E-state index contributed by atoms with van der Waals surface area (Å²) in [7, 11) is 3.43. The number of alkyl carbamates (subject to hydrolysis) is 1. The molecular weight excluding hydrogens is 422 g/mol. The van der Waals surface area contributed by atoms with Gasteiger partial charge in [0.2, 0.25) is 0 Å². The van der Waals surface area contributed by atoms with E-state index in [0.717, 1.165) is 29.9 Å². The molecule has 9 heteroatoms. The first kappa shape index (κ1) is 30.3. The molecule has 0 radical (unpaired) electrons. The average molecular weight is 460 g/mol. The van der Waals surface area contributed by atoms with Crippen molar-refractivity contribution in [3.63, 3.8) is 0 Å². The van der Waals surface area contributed by atoms with E-state index in [1.807, 2.05) is 44.2 Å². The minimum atomic E-state index is -0.408. The van der Waals surface area contributed by atoms with Gasteiger partial charge >= 0.3 is 6.09 Å². The first-order valence-corrected chi connectivity index (χ1v) is 11.6. The molecular formula is C21H37N3O4S2. The molecule has 0 bridgehead atoms. The molecule has 0 unspecified atom stereocenters. The topological polar surface area (TPSA) is 87.7 Å². The number of carbonyl (C=O) groups excluding carboxylic acids is 3. The molecule has 1 aromatic carbocycles. The maximum absolute atomic E-state index is 11.5. The molecule has 0 aliphatic heterocycles. The average Bonchev–Trinajstić information content (AvgIpc) is 2.73. The van der Waals surface area contributed by atoms with Gasteiger partial charge in [0.25, 0.3) is 10.5 Å². The van der Waals surface area contributed by atoms with Gasteiger partial charge in [0.05, 0.1) is 0 Å². The van der Waals surface area contributed by atoms with Crippen molar-refractivity contribution in [1.29, 1.82) is 0 Å². The van der Waals surface area contributed by atoms with Crippen LogP contribution in [0.5, 0.6) is 0 Å². The number of nitrogens with one attached hydrogen (secondary N) is 2. The van der Waals surface area contributed by atoms with Crippen LogP contribution in [0.2, 0.25) is 0 Å². The van der Waals surface area contributed by atoms with E-state index >= 15 is 0 Å². The zero-order valence-electron chi connectivity index (χ0n) is 17.7. The normalized spacial score (nSPS) is 9.33. The summed E-state index contributed by atoms with van der Waals surface area (Å²) in [6.45, 7) is 5.43. The Morgan fingerprint density at radius 1 is 1.03 bits per heavy atom. The Balaban J connectivity index is 0. The summed E-state index contributed by atoms with van der Waals surface area (Å²) in [5.41, 5.74) is 0.964. The van der Waals surface area contributed by atoms with Crippen LogP contribution in [-0.2, 0) is 11.3 Å². The Hall–Kier alpha value is -1.87. The molecule has 30 heavy (non-hydrogen) atoms. The third-order valence-corrected chi connectivity index (χ3v) is 5.06. The van der Waals surface area contributed by atoms with Crippen LogP contribution in [0.25, 0.3) is 0 Å². The van der Waals surface area contributed by atoms with Gasteiger partial charge in [-0.25, -0.2) is 4.79 Å². The van der Waals surface area contributed by atoms with Gasteiger partial charge in [-0.3, -0.25) is 9.59 Å². The third-order valence-electron chi connectivity index (χ3n) is 3.46. The Morgan fingerprint density at radius 3 is 2.20 bits per heavy atom. The maximum Gasteiger partial charge on any atom is 0.407 e. The van der Waals surface area contributed by atoms with E-state index in [9.17, 15) is 14.4 Å². The van der Waals surface area contributed by atoms with E-state index < -0.39 is 6.09 Å². The minimum Gasteiger partial charge on any atom is -0.445 e. The Kier molecular flexibility index (Phi) is 20.6. The first-order chi connectivity index (χ1) is 13.9. The smallest absolute Gasteiger partial charge is 0.407 e. The van der Waals surface area contributed by atoms with Gasteiger partial charge in [0.1, 0.15) is 6.61 Å². The number of amides is 3. The molecule has 172 valence electrons. The highest BCUT2D eigenvalue weighted by molar-refractivity contribution is 8.13. The van der Waals surface area contributed by atoms with Crippen molar-refractivity contribution >= 4 is 40.1 Å². The molecule has 0 heterocycles. The van der Waals surface area contributed by atoms with E-state index in [1.54, 1.807) is 19.0 Å².